The van der Waals surface area contributed by atoms with Gasteiger partial charge in [-0.3, -0.25) is 14.6 Å². The average molecular weight is 471 g/mol. The summed E-state index contributed by atoms with van der Waals surface area (Å²) in [6.07, 6.45) is 4.58. The number of aliphatic hydroxyl groups is 1. The fraction of sp³-hybridized carbons (Fsp3) is 0.435. The van der Waals surface area contributed by atoms with Crippen LogP contribution in [0.15, 0.2) is 35.4 Å². The minimum absolute atomic E-state index is 0.00761. The maximum absolute atomic E-state index is 13.2. The van der Waals surface area contributed by atoms with E-state index in [1.54, 1.807) is 36.2 Å². The van der Waals surface area contributed by atoms with Gasteiger partial charge >= 0.3 is 0 Å². The van der Waals surface area contributed by atoms with Crippen LogP contribution in [-0.4, -0.2) is 70.6 Å². The highest BCUT2D eigenvalue weighted by Crippen LogP contribution is 2.22. The third-order valence-electron chi connectivity index (χ3n) is 4.95. The largest absolute Gasteiger partial charge is 0.481 e. The number of fused-ring (bicyclic) bond motifs is 1. The minimum Gasteiger partial charge on any atom is -0.481 e. The second kappa shape index (κ2) is 12.6. The van der Waals surface area contributed by atoms with Crippen molar-refractivity contribution >= 4 is 22.8 Å². The van der Waals surface area contributed by atoms with Gasteiger partial charge in [0.05, 0.1) is 37.7 Å². The van der Waals surface area contributed by atoms with E-state index in [2.05, 4.69) is 25.6 Å². The van der Waals surface area contributed by atoms with E-state index in [9.17, 15) is 9.59 Å². The fourth-order valence-electron chi connectivity index (χ4n) is 3.23. The normalized spacial score (nSPS) is 10.9. The molecule has 11 heteroatoms. The molecule has 0 aliphatic heterocycles. The molecule has 0 aliphatic rings. The summed E-state index contributed by atoms with van der Waals surface area (Å²) in [5, 5.41) is 14.3. The van der Waals surface area contributed by atoms with E-state index in [1.807, 2.05) is 13.0 Å². The zero-order valence-corrected chi connectivity index (χ0v) is 19.4. The number of pyridine rings is 2. The Labute approximate surface area is 197 Å². The molecule has 3 aromatic rings. The van der Waals surface area contributed by atoms with Crippen molar-refractivity contribution in [2.75, 3.05) is 45.3 Å². The molecule has 0 bridgehead atoms. The summed E-state index contributed by atoms with van der Waals surface area (Å²) in [4.78, 5) is 38.3. The predicted octanol–water partition coefficient (Wildman–Crippen LogP) is 1.20. The van der Waals surface area contributed by atoms with E-state index in [-0.39, 0.29) is 30.4 Å². The second-order valence-electron chi connectivity index (χ2n) is 7.46. The Kier molecular flexibility index (Phi) is 9.30. The molecule has 3 N–H and O–H groups in total. The Hall–Kier alpha value is -3.57. The molecular weight excluding hydrogens is 440 g/mol. The maximum Gasteiger partial charge on any atom is 0.293 e. The number of hydrogen-bond acceptors (Lipinski definition) is 9. The van der Waals surface area contributed by atoms with Crippen LogP contribution in [0.5, 0.6) is 5.88 Å². The molecule has 34 heavy (non-hydrogen) atoms. The number of nitrogens with zero attached hydrogens (tertiary/aromatic N) is 4. The molecule has 182 valence electrons. The van der Waals surface area contributed by atoms with Crippen LogP contribution in [0.2, 0.25) is 0 Å². The molecule has 3 aromatic heterocycles. The summed E-state index contributed by atoms with van der Waals surface area (Å²) in [5.74, 6) is 0.251. The number of ether oxygens (including phenoxy) is 2. The third-order valence-corrected chi connectivity index (χ3v) is 4.95. The zero-order valence-electron chi connectivity index (χ0n) is 19.4. The highest BCUT2D eigenvalue weighted by atomic mass is 16.5. The van der Waals surface area contributed by atoms with Crippen molar-refractivity contribution in [2.45, 2.75) is 26.3 Å². The standard InChI is InChI=1S/C23H30N6O5/c1-3-10-34-11-8-29-19-12-17(16-5-6-21(33-2)26-13-16)25-14-18(19)28-22(23(29)32)27-15-20(31)24-7-4-9-30/h5-6,12-14,30H,3-4,7-11,15H2,1-2H3,(H,24,31)(H,27,28). The number of rotatable bonds is 13. The van der Waals surface area contributed by atoms with Crippen LogP contribution in [-0.2, 0) is 16.1 Å². The molecule has 3 heterocycles. The number of nitrogens with one attached hydrogen (secondary N) is 2. The quantitative estimate of drug-likeness (QED) is 0.314. The molecule has 3 rings (SSSR count). The lowest BCUT2D eigenvalue weighted by atomic mass is 10.2. The van der Waals surface area contributed by atoms with Crippen molar-refractivity contribution < 1.29 is 19.4 Å². The van der Waals surface area contributed by atoms with E-state index < -0.39 is 0 Å². The van der Waals surface area contributed by atoms with E-state index in [4.69, 9.17) is 14.6 Å². The first kappa shape index (κ1) is 25.1. The van der Waals surface area contributed by atoms with E-state index in [1.165, 1.54) is 0 Å². The van der Waals surface area contributed by atoms with Crippen molar-refractivity contribution in [3.05, 3.63) is 40.9 Å². The van der Waals surface area contributed by atoms with Crippen LogP contribution in [0.1, 0.15) is 19.8 Å². The van der Waals surface area contributed by atoms with Gasteiger partial charge in [0.25, 0.3) is 5.56 Å². The summed E-state index contributed by atoms with van der Waals surface area (Å²) in [5.41, 5.74) is 2.15. The summed E-state index contributed by atoms with van der Waals surface area (Å²) in [6.45, 7) is 3.52. The molecule has 11 nitrogen and oxygen atoms in total. The van der Waals surface area contributed by atoms with E-state index in [0.29, 0.717) is 55.3 Å². The topological polar surface area (TPSA) is 140 Å². The Bertz CT molecular complexity index is 1150. The SMILES string of the molecule is CCCOCCn1c(=O)c(NCC(=O)NCCCO)nc2cnc(-c3ccc(OC)nc3)cc21. The molecule has 0 fully saturated rings. The van der Waals surface area contributed by atoms with Gasteiger partial charge in [-0.2, -0.15) is 0 Å². The summed E-state index contributed by atoms with van der Waals surface area (Å²) < 4.78 is 12.3. The van der Waals surface area contributed by atoms with Crippen LogP contribution in [0.3, 0.4) is 0 Å². The van der Waals surface area contributed by atoms with Gasteiger partial charge in [-0.15, -0.1) is 0 Å². The van der Waals surface area contributed by atoms with Gasteiger partial charge < -0.3 is 29.8 Å². The summed E-state index contributed by atoms with van der Waals surface area (Å²) in [6, 6.07) is 5.37. The lowest BCUT2D eigenvalue weighted by Gasteiger charge is -2.14. The molecule has 0 saturated heterocycles. The molecule has 0 unspecified atom stereocenters. The molecule has 1 amide bonds. The Morgan fingerprint density at radius 3 is 2.76 bits per heavy atom. The number of hydrogen-bond donors (Lipinski definition) is 3. The van der Waals surface area contributed by atoms with Crippen molar-refractivity contribution in [1.29, 1.82) is 0 Å². The third kappa shape index (κ3) is 6.49. The van der Waals surface area contributed by atoms with Gasteiger partial charge in [0.2, 0.25) is 11.8 Å². The van der Waals surface area contributed by atoms with E-state index in [0.717, 1.165) is 12.0 Å². The van der Waals surface area contributed by atoms with Gasteiger partial charge in [0, 0.05) is 44.1 Å². The molecule has 0 spiro atoms. The van der Waals surface area contributed by atoms with Gasteiger partial charge in [-0.25, -0.2) is 9.97 Å². The minimum atomic E-state index is -0.360. The lowest BCUT2D eigenvalue weighted by Crippen LogP contribution is -2.34. The molecule has 0 aliphatic carbocycles. The van der Waals surface area contributed by atoms with Crippen molar-refractivity contribution in [1.82, 2.24) is 24.8 Å². The van der Waals surface area contributed by atoms with E-state index >= 15 is 0 Å². The number of aliphatic hydroxyl groups excluding tert-OH is 1. The molecular formula is C23H30N6O5. The predicted molar refractivity (Wildman–Crippen MR) is 128 cm³/mol. The number of methoxy groups -OCH3 is 1. The van der Waals surface area contributed by atoms with Crippen LogP contribution in [0, 0.1) is 0 Å². The number of carbonyl (C=O) groups is 1. The Balaban J connectivity index is 1.92. The van der Waals surface area contributed by atoms with Crippen molar-refractivity contribution in [2.24, 2.45) is 0 Å². The van der Waals surface area contributed by atoms with Crippen LogP contribution in [0.25, 0.3) is 22.3 Å². The fourth-order valence-corrected chi connectivity index (χ4v) is 3.23. The highest BCUT2D eigenvalue weighted by Gasteiger charge is 2.14. The van der Waals surface area contributed by atoms with Crippen LogP contribution < -0.4 is 20.9 Å². The number of amides is 1. The lowest BCUT2D eigenvalue weighted by molar-refractivity contribution is -0.119. The Morgan fingerprint density at radius 1 is 1.21 bits per heavy atom. The zero-order chi connectivity index (χ0) is 24.3. The Morgan fingerprint density at radius 2 is 2.06 bits per heavy atom. The van der Waals surface area contributed by atoms with Crippen LogP contribution >= 0.6 is 0 Å². The first-order valence-electron chi connectivity index (χ1n) is 11.2. The van der Waals surface area contributed by atoms with Crippen molar-refractivity contribution in [3.63, 3.8) is 0 Å². The summed E-state index contributed by atoms with van der Waals surface area (Å²) in [7, 11) is 1.55. The smallest absolute Gasteiger partial charge is 0.293 e. The van der Waals surface area contributed by atoms with Gasteiger partial charge in [0.1, 0.15) is 5.52 Å². The van der Waals surface area contributed by atoms with Crippen molar-refractivity contribution in [3.8, 4) is 17.1 Å². The molecule has 0 radical (unpaired) electrons. The van der Waals surface area contributed by atoms with Gasteiger partial charge in [-0.05, 0) is 25.0 Å². The maximum atomic E-state index is 13.2. The number of aromatic nitrogens is 4. The number of anilines is 1. The summed E-state index contributed by atoms with van der Waals surface area (Å²) >= 11 is 0. The van der Waals surface area contributed by atoms with Gasteiger partial charge in [0.15, 0.2) is 5.82 Å². The van der Waals surface area contributed by atoms with Crippen LogP contribution in [0.4, 0.5) is 5.82 Å². The monoisotopic (exact) mass is 470 g/mol. The molecule has 0 saturated carbocycles. The highest BCUT2D eigenvalue weighted by molar-refractivity contribution is 5.82. The average Bonchev–Trinajstić information content (AvgIpc) is 2.86. The second-order valence-corrected chi connectivity index (χ2v) is 7.46. The first-order chi connectivity index (χ1) is 16.6. The molecule has 0 aromatic carbocycles. The first-order valence-corrected chi connectivity index (χ1v) is 11.2. The number of carbonyl (C=O) groups excluding carboxylic acids is 1. The molecule has 0 atom stereocenters. The van der Waals surface area contributed by atoms with Gasteiger partial charge in [-0.1, -0.05) is 6.92 Å².